The number of hydrogen-bond donors (Lipinski definition) is 2. The number of amides is 1. The van der Waals surface area contributed by atoms with Gasteiger partial charge in [0, 0.05) is 11.3 Å². The van der Waals surface area contributed by atoms with Gasteiger partial charge in [-0.05, 0) is 47.8 Å². The van der Waals surface area contributed by atoms with Crippen LogP contribution in [0.5, 0.6) is 0 Å². The molecule has 1 aromatic heterocycles. The highest BCUT2D eigenvalue weighted by Crippen LogP contribution is 2.21. The van der Waals surface area contributed by atoms with E-state index in [2.05, 4.69) is 20.9 Å². The number of Topliss-reactive ketones (excluding diaryl/α,β-unsaturated/α-hetero) is 1. The van der Waals surface area contributed by atoms with E-state index in [0.29, 0.717) is 21.8 Å². The van der Waals surface area contributed by atoms with Crippen molar-refractivity contribution in [2.45, 2.75) is 6.17 Å². The number of nitrogens with zero attached hydrogens (tertiary/aromatic N) is 2. The van der Waals surface area contributed by atoms with Crippen LogP contribution < -0.4 is 10.6 Å². The fraction of sp³-hybridized carbons (Fsp3) is 0.0400. The van der Waals surface area contributed by atoms with E-state index in [-0.39, 0.29) is 11.7 Å². The Morgan fingerprint density at radius 3 is 1.97 bits per heavy atom. The predicted octanol–water partition coefficient (Wildman–Crippen LogP) is 6.21. The molecule has 0 aliphatic heterocycles. The lowest BCUT2D eigenvalue weighted by Crippen LogP contribution is -2.46. The number of anilines is 1. The Balaban J connectivity index is 1.50. The highest BCUT2D eigenvalue weighted by molar-refractivity contribution is 7.12. The quantitative estimate of drug-likeness (QED) is 0.194. The number of benzene rings is 3. The summed E-state index contributed by atoms with van der Waals surface area (Å²) >= 11 is 1.32. The summed E-state index contributed by atoms with van der Waals surface area (Å²) < 4.78 is 0. The molecular weight excluding hydrogens is 420 g/mol. The van der Waals surface area contributed by atoms with E-state index in [4.69, 9.17) is 0 Å². The lowest BCUT2D eigenvalue weighted by Gasteiger charge is -2.20. The van der Waals surface area contributed by atoms with E-state index in [1.165, 1.54) is 11.3 Å². The molecule has 4 rings (SSSR count). The van der Waals surface area contributed by atoms with E-state index in [0.717, 1.165) is 5.69 Å². The van der Waals surface area contributed by atoms with Gasteiger partial charge >= 0.3 is 0 Å². The van der Waals surface area contributed by atoms with Crippen LogP contribution in [0.1, 0.15) is 20.0 Å². The van der Waals surface area contributed by atoms with E-state index < -0.39 is 6.17 Å². The fourth-order valence-corrected chi connectivity index (χ4v) is 3.57. The van der Waals surface area contributed by atoms with Crippen molar-refractivity contribution in [2.75, 3.05) is 5.32 Å². The summed E-state index contributed by atoms with van der Waals surface area (Å²) in [5.41, 5.74) is 2.61. The molecule has 0 bridgehead atoms. The van der Waals surface area contributed by atoms with Crippen molar-refractivity contribution in [3.05, 3.63) is 113 Å². The zero-order valence-corrected chi connectivity index (χ0v) is 17.8. The SMILES string of the molecule is O=C(NC(Nc1ccc(N=Nc2ccccc2)cc1)C(=O)c1ccccc1)c1cccs1. The van der Waals surface area contributed by atoms with Crippen molar-refractivity contribution in [3.8, 4) is 0 Å². The molecule has 0 saturated heterocycles. The van der Waals surface area contributed by atoms with Gasteiger partial charge in [-0.25, -0.2) is 0 Å². The van der Waals surface area contributed by atoms with Crippen LogP contribution in [0.4, 0.5) is 17.1 Å². The van der Waals surface area contributed by atoms with E-state index >= 15 is 0 Å². The number of carbonyl (C=O) groups excluding carboxylic acids is 2. The molecule has 2 N–H and O–H groups in total. The van der Waals surface area contributed by atoms with Gasteiger partial charge in [0.05, 0.1) is 16.3 Å². The maximum Gasteiger partial charge on any atom is 0.263 e. The minimum atomic E-state index is -0.927. The molecule has 1 atom stereocenters. The maximum absolute atomic E-state index is 13.1. The molecule has 0 saturated carbocycles. The topological polar surface area (TPSA) is 82.9 Å². The third kappa shape index (κ3) is 5.53. The van der Waals surface area contributed by atoms with Gasteiger partial charge in [0.15, 0.2) is 6.17 Å². The molecule has 0 fully saturated rings. The second-order valence-corrected chi connectivity index (χ2v) is 7.79. The minimum absolute atomic E-state index is 0.233. The summed E-state index contributed by atoms with van der Waals surface area (Å²) in [5, 5.41) is 16.2. The van der Waals surface area contributed by atoms with Crippen LogP contribution in [0.3, 0.4) is 0 Å². The number of hydrogen-bond acceptors (Lipinski definition) is 6. The van der Waals surface area contributed by atoms with Crippen molar-refractivity contribution < 1.29 is 9.59 Å². The molecule has 1 unspecified atom stereocenters. The van der Waals surface area contributed by atoms with Gasteiger partial charge in [0.2, 0.25) is 5.78 Å². The summed E-state index contributed by atoms with van der Waals surface area (Å²) in [6.45, 7) is 0. The number of thiophene rings is 1. The first-order chi connectivity index (χ1) is 15.7. The van der Waals surface area contributed by atoms with E-state index in [9.17, 15) is 9.59 Å². The lowest BCUT2D eigenvalue weighted by molar-refractivity contribution is 0.0872. The zero-order valence-electron chi connectivity index (χ0n) is 17.0. The van der Waals surface area contributed by atoms with Crippen molar-refractivity contribution in [1.82, 2.24) is 5.32 Å². The molecule has 0 spiro atoms. The number of rotatable bonds is 8. The second kappa shape index (κ2) is 10.3. The first kappa shape index (κ1) is 21.1. The molecule has 3 aromatic carbocycles. The van der Waals surface area contributed by atoms with Gasteiger partial charge in [0.25, 0.3) is 5.91 Å². The highest BCUT2D eigenvalue weighted by Gasteiger charge is 2.23. The van der Waals surface area contributed by atoms with Gasteiger partial charge in [0.1, 0.15) is 0 Å². The van der Waals surface area contributed by atoms with Crippen LogP contribution in [-0.2, 0) is 0 Å². The summed E-state index contributed by atoms with van der Waals surface area (Å²) in [7, 11) is 0. The van der Waals surface area contributed by atoms with Crippen LogP contribution in [0.2, 0.25) is 0 Å². The largest absolute Gasteiger partial charge is 0.359 e. The summed E-state index contributed by atoms with van der Waals surface area (Å²) in [6, 6.07) is 29.0. The molecule has 7 heteroatoms. The summed E-state index contributed by atoms with van der Waals surface area (Å²) in [6.07, 6.45) is -0.927. The van der Waals surface area contributed by atoms with Gasteiger partial charge in [-0.1, -0.05) is 54.6 Å². The Kier molecular flexibility index (Phi) is 6.79. The van der Waals surface area contributed by atoms with E-state index in [1.807, 2.05) is 41.8 Å². The van der Waals surface area contributed by atoms with Gasteiger partial charge < -0.3 is 10.6 Å². The normalized spacial score (nSPS) is 11.8. The molecular formula is C25H20N4O2S. The third-order valence-corrected chi connectivity index (χ3v) is 5.42. The Morgan fingerprint density at radius 2 is 1.34 bits per heavy atom. The number of nitrogens with one attached hydrogen (secondary N) is 2. The molecule has 32 heavy (non-hydrogen) atoms. The van der Waals surface area contributed by atoms with Crippen LogP contribution in [0, 0.1) is 0 Å². The number of carbonyl (C=O) groups is 2. The second-order valence-electron chi connectivity index (χ2n) is 6.84. The van der Waals surface area contributed by atoms with Crippen LogP contribution in [-0.4, -0.2) is 17.9 Å². The summed E-state index contributed by atoms with van der Waals surface area (Å²) in [5.74, 6) is -0.543. The predicted molar refractivity (Wildman–Crippen MR) is 127 cm³/mol. The lowest BCUT2D eigenvalue weighted by atomic mass is 10.1. The number of azo groups is 1. The standard InChI is InChI=1S/C25H20N4O2S/c30-23(18-8-3-1-4-9-18)24(27-25(31)22-12-7-17-32-22)26-19-13-15-21(16-14-19)29-28-20-10-5-2-6-11-20/h1-17,24,26H,(H,27,31). The van der Waals surface area contributed by atoms with E-state index in [1.54, 1.807) is 60.7 Å². The molecule has 0 aliphatic carbocycles. The molecule has 0 aliphatic rings. The average Bonchev–Trinajstić information content (AvgIpc) is 3.39. The summed E-state index contributed by atoms with van der Waals surface area (Å²) in [4.78, 5) is 26.2. The molecule has 1 heterocycles. The Hall–Kier alpha value is -4.10. The highest BCUT2D eigenvalue weighted by atomic mass is 32.1. The molecule has 158 valence electrons. The number of ketones is 1. The molecule has 1 amide bonds. The first-order valence-corrected chi connectivity index (χ1v) is 10.8. The Bertz CT molecular complexity index is 1190. The van der Waals surface area contributed by atoms with Crippen molar-refractivity contribution in [2.24, 2.45) is 10.2 Å². The Labute approximate surface area is 189 Å². The monoisotopic (exact) mass is 440 g/mol. The average molecular weight is 441 g/mol. The van der Waals surface area contributed by atoms with Gasteiger partial charge in [-0.3, -0.25) is 9.59 Å². The third-order valence-electron chi connectivity index (χ3n) is 4.56. The fourth-order valence-electron chi connectivity index (χ4n) is 2.95. The minimum Gasteiger partial charge on any atom is -0.359 e. The zero-order chi connectivity index (χ0) is 22.2. The Morgan fingerprint density at radius 1 is 0.719 bits per heavy atom. The van der Waals surface area contributed by atoms with Crippen LogP contribution >= 0.6 is 11.3 Å². The van der Waals surface area contributed by atoms with Crippen molar-refractivity contribution in [3.63, 3.8) is 0 Å². The van der Waals surface area contributed by atoms with Crippen LogP contribution in [0.15, 0.2) is 113 Å². The molecule has 4 aromatic rings. The maximum atomic E-state index is 13.1. The van der Waals surface area contributed by atoms with Gasteiger partial charge in [-0.2, -0.15) is 10.2 Å². The molecule has 0 radical (unpaired) electrons. The van der Waals surface area contributed by atoms with Gasteiger partial charge in [-0.15, -0.1) is 11.3 Å². The van der Waals surface area contributed by atoms with Crippen molar-refractivity contribution in [1.29, 1.82) is 0 Å². The van der Waals surface area contributed by atoms with Crippen molar-refractivity contribution >= 4 is 40.1 Å². The first-order valence-electron chi connectivity index (χ1n) is 9.96. The molecule has 6 nitrogen and oxygen atoms in total. The smallest absolute Gasteiger partial charge is 0.263 e. The van der Waals surface area contributed by atoms with Crippen LogP contribution in [0.25, 0.3) is 0 Å².